The standard InChI is InChI=1S/C27H15N5O2/c1-14-13-20-18-7-4-8-22-30(18)27(32(20)28-14)24-21(34-22)10-9-16-15-5-2-3-6-17(15)29-19-11-12-33-26(19)31(27)25(29)23(16)24/h2-13H,1H3/q+2. The number of nitrogens with zero attached hydrogens (tertiary/aromatic N) is 5. The third kappa shape index (κ3) is 1.33. The normalized spacial score (nSPS) is 18.5. The second-order valence-corrected chi connectivity index (χ2v) is 9.39. The van der Waals surface area contributed by atoms with Crippen molar-refractivity contribution in [3.63, 3.8) is 0 Å². The van der Waals surface area contributed by atoms with E-state index in [4.69, 9.17) is 14.3 Å². The van der Waals surface area contributed by atoms with Gasteiger partial charge in [0.05, 0.1) is 23.4 Å². The van der Waals surface area contributed by atoms with E-state index in [2.05, 4.69) is 85.8 Å². The summed E-state index contributed by atoms with van der Waals surface area (Å²) >= 11 is 0. The molecule has 0 N–H and O–H groups in total. The van der Waals surface area contributed by atoms with Crippen LogP contribution < -0.4 is 13.9 Å². The van der Waals surface area contributed by atoms with E-state index in [0.29, 0.717) is 0 Å². The Kier molecular flexibility index (Phi) is 2.21. The van der Waals surface area contributed by atoms with Crippen molar-refractivity contribution >= 4 is 38.6 Å². The van der Waals surface area contributed by atoms with Crippen molar-refractivity contribution in [3.05, 3.63) is 84.3 Å². The van der Waals surface area contributed by atoms with Crippen molar-refractivity contribution in [3.8, 4) is 23.0 Å². The molecule has 34 heavy (non-hydrogen) atoms. The maximum absolute atomic E-state index is 6.56. The van der Waals surface area contributed by atoms with Gasteiger partial charge < -0.3 is 9.15 Å². The van der Waals surface area contributed by atoms with Crippen LogP contribution >= 0.6 is 0 Å². The molecule has 1 unspecified atom stereocenters. The number of rotatable bonds is 0. The highest BCUT2D eigenvalue weighted by Gasteiger charge is 2.71. The number of fused-ring (bicyclic) bond motifs is 8. The van der Waals surface area contributed by atoms with Gasteiger partial charge in [0.25, 0.3) is 0 Å². The van der Waals surface area contributed by atoms with E-state index < -0.39 is 5.79 Å². The van der Waals surface area contributed by atoms with Gasteiger partial charge in [-0.3, -0.25) is 0 Å². The number of pyridine rings is 2. The summed E-state index contributed by atoms with van der Waals surface area (Å²) in [7, 11) is 0. The number of aromatic nitrogens is 5. The molecule has 0 bridgehead atoms. The average Bonchev–Trinajstić information content (AvgIpc) is 3.63. The third-order valence-corrected chi connectivity index (χ3v) is 7.84. The Hall–Kier alpha value is -4.65. The molecule has 3 aliphatic heterocycles. The lowest BCUT2D eigenvalue weighted by Crippen LogP contribution is -2.75. The first-order valence-corrected chi connectivity index (χ1v) is 11.4. The van der Waals surface area contributed by atoms with Crippen LogP contribution in [0.1, 0.15) is 11.3 Å². The molecule has 1 spiro atoms. The topological polar surface area (TPSA) is 52.4 Å². The van der Waals surface area contributed by atoms with Crippen molar-refractivity contribution in [2.24, 2.45) is 0 Å². The molecule has 158 valence electrons. The minimum Gasteiger partial charge on any atom is -0.428 e. The number of hydrogen-bond donors (Lipinski definition) is 0. The lowest BCUT2D eigenvalue weighted by atomic mass is 9.97. The van der Waals surface area contributed by atoms with Crippen LogP contribution in [0.4, 0.5) is 0 Å². The molecule has 0 amide bonds. The predicted molar refractivity (Wildman–Crippen MR) is 123 cm³/mol. The minimum absolute atomic E-state index is 0.785. The van der Waals surface area contributed by atoms with Crippen LogP contribution in [0.15, 0.2) is 77.4 Å². The summed E-state index contributed by atoms with van der Waals surface area (Å²) in [5.41, 5.74) is 8.33. The third-order valence-electron chi connectivity index (χ3n) is 7.84. The largest absolute Gasteiger partial charge is 0.452 e. The smallest absolute Gasteiger partial charge is 0.428 e. The molecule has 1 atom stereocenters. The first kappa shape index (κ1) is 16.0. The molecule has 3 aliphatic rings. The molecule has 2 aromatic carbocycles. The molecule has 0 aliphatic carbocycles. The Morgan fingerprint density at radius 3 is 2.82 bits per heavy atom. The number of para-hydroxylation sites is 1. The van der Waals surface area contributed by atoms with Crippen molar-refractivity contribution < 1.29 is 18.3 Å². The molecule has 7 aromatic rings. The van der Waals surface area contributed by atoms with Crippen LogP contribution in [0.3, 0.4) is 0 Å². The number of hydrogen-bond acceptors (Lipinski definition) is 3. The van der Waals surface area contributed by atoms with E-state index in [-0.39, 0.29) is 0 Å². The van der Waals surface area contributed by atoms with Crippen molar-refractivity contribution in [1.82, 2.24) is 14.2 Å². The quantitative estimate of drug-likeness (QED) is 0.262. The lowest BCUT2D eigenvalue weighted by molar-refractivity contribution is -0.962. The van der Waals surface area contributed by atoms with E-state index in [1.54, 1.807) is 6.26 Å². The fourth-order valence-electron chi connectivity index (χ4n) is 6.80. The lowest BCUT2D eigenvalue weighted by Gasteiger charge is -2.25. The Morgan fingerprint density at radius 1 is 0.912 bits per heavy atom. The second-order valence-electron chi connectivity index (χ2n) is 9.39. The molecular formula is C27H15N5O2+2. The summed E-state index contributed by atoms with van der Waals surface area (Å²) in [6.45, 7) is 2.05. The number of imidazole rings is 1. The van der Waals surface area contributed by atoms with Crippen LogP contribution in [-0.2, 0) is 5.79 Å². The maximum Gasteiger partial charge on any atom is 0.452 e. The van der Waals surface area contributed by atoms with Gasteiger partial charge in [-0.2, -0.15) is 9.50 Å². The maximum atomic E-state index is 6.56. The van der Waals surface area contributed by atoms with Gasteiger partial charge in [0.2, 0.25) is 11.2 Å². The molecule has 0 fully saturated rings. The highest BCUT2D eigenvalue weighted by Crippen LogP contribution is 2.52. The van der Waals surface area contributed by atoms with Crippen molar-refractivity contribution in [2.45, 2.75) is 12.7 Å². The molecule has 0 saturated carbocycles. The first-order valence-electron chi connectivity index (χ1n) is 11.4. The second kappa shape index (κ2) is 4.68. The Balaban J connectivity index is 1.62. The van der Waals surface area contributed by atoms with Gasteiger partial charge in [0, 0.05) is 22.9 Å². The highest BCUT2D eigenvalue weighted by molar-refractivity contribution is 6.15. The van der Waals surface area contributed by atoms with Crippen LogP contribution in [0.25, 0.3) is 49.9 Å². The molecule has 0 radical (unpaired) electrons. The SMILES string of the molecule is Cc1cc2n(n1)C13c4c(ccc5c6ccccc6n6c7ccoc7[n+]1c6c45)Oc1cccc-2[n+]13. The fourth-order valence-corrected chi connectivity index (χ4v) is 6.80. The number of ether oxygens (including phenoxy) is 1. The van der Waals surface area contributed by atoms with Crippen LogP contribution in [0.2, 0.25) is 0 Å². The van der Waals surface area contributed by atoms with Gasteiger partial charge in [-0.1, -0.05) is 27.3 Å². The highest BCUT2D eigenvalue weighted by atomic mass is 16.5. The zero-order valence-corrected chi connectivity index (χ0v) is 18.0. The summed E-state index contributed by atoms with van der Waals surface area (Å²) in [5, 5.41) is 8.66. The summed E-state index contributed by atoms with van der Waals surface area (Å²) in [5.74, 6) is 0.857. The van der Waals surface area contributed by atoms with Crippen LogP contribution in [0.5, 0.6) is 11.6 Å². The molecule has 10 rings (SSSR count). The van der Waals surface area contributed by atoms with E-state index in [0.717, 1.165) is 56.7 Å². The van der Waals surface area contributed by atoms with Gasteiger partial charge in [0.1, 0.15) is 11.2 Å². The van der Waals surface area contributed by atoms with Gasteiger partial charge in [0.15, 0.2) is 11.3 Å². The molecule has 8 heterocycles. The van der Waals surface area contributed by atoms with E-state index in [1.165, 1.54) is 16.2 Å². The summed E-state index contributed by atoms with van der Waals surface area (Å²) < 4.78 is 21.9. The van der Waals surface area contributed by atoms with Gasteiger partial charge in [-0.15, -0.1) is 4.68 Å². The van der Waals surface area contributed by atoms with E-state index >= 15 is 0 Å². The summed E-state index contributed by atoms with van der Waals surface area (Å²) in [4.78, 5) is 0. The first-order chi connectivity index (χ1) is 16.8. The summed E-state index contributed by atoms with van der Waals surface area (Å²) in [6, 6.07) is 23.3. The molecule has 0 saturated heterocycles. The molecule has 7 nitrogen and oxygen atoms in total. The predicted octanol–water partition coefficient (Wildman–Crippen LogP) is 4.23. The zero-order valence-electron chi connectivity index (χ0n) is 18.0. The molecule has 7 heteroatoms. The van der Waals surface area contributed by atoms with Gasteiger partial charge >= 0.3 is 23.0 Å². The van der Waals surface area contributed by atoms with E-state index in [9.17, 15) is 0 Å². The average molecular weight is 441 g/mol. The Bertz CT molecular complexity index is 2130. The number of furan rings is 1. The summed E-state index contributed by atoms with van der Waals surface area (Å²) in [6.07, 6.45) is 1.78. The monoisotopic (exact) mass is 441 g/mol. The van der Waals surface area contributed by atoms with Crippen molar-refractivity contribution in [2.75, 3.05) is 0 Å². The van der Waals surface area contributed by atoms with Crippen LogP contribution in [-0.4, -0.2) is 14.2 Å². The fraction of sp³-hybridized carbons (Fsp3) is 0.0741. The number of benzene rings is 2. The molecule has 5 aromatic heterocycles. The van der Waals surface area contributed by atoms with Crippen LogP contribution in [0, 0.1) is 6.92 Å². The minimum atomic E-state index is -0.785. The zero-order chi connectivity index (χ0) is 21.9. The number of aryl methyl sites for hydroxylation is 1. The Labute approximate surface area is 191 Å². The van der Waals surface area contributed by atoms with Gasteiger partial charge in [-0.05, 0) is 37.3 Å². The van der Waals surface area contributed by atoms with E-state index in [1.807, 2.05) is 6.07 Å². The van der Waals surface area contributed by atoms with Crippen molar-refractivity contribution in [1.29, 1.82) is 0 Å². The Morgan fingerprint density at radius 2 is 1.85 bits per heavy atom. The van der Waals surface area contributed by atoms with Gasteiger partial charge in [-0.25, -0.2) is 0 Å². The molecular weight excluding hydrogens is 426 g/mol.